The van der Waals surface area contributed by atoms with E-state index < -0.39 is 0 Å². The van der Waals surface area contributed by atoms with E-state index in [-0.39, 0.29) is 0 Å². The summed E-state index contributed by atoms with van der Waals surface area (Å²) in [6, 6.07) is 12.3. The molecule has 2 heteroatoms. The Bertz CT molecular complexity index is 405. The van der Waals surface area contributed by atoms with E-state index in [1.54, 1.807) is 0 Å². The zero-order valence-electron chi connectivity index (χ0n) is 12.9. The standard InChI is InChI=1S/C18H28N2/c1-14(15-10-12-20(2)13-11-15)19-18(17-8-9-17)16-6-4-3-5-7-16/h3-7,14-15,17-19H,8-13H2,1-2H3. The fraction of sp³-hybridized carbons (Fsp3) is 0.667. The summed E-state index contributed by atoms with van der Waals surface area (Å²) in [5.41, 5.74) is 1.48. The van der Waals surface area contributed by atoms with Crippen LogP contribution < -0.4 is 5.32 Å². The second-order valence-electron chi connectivity index (χ2n) is 6.82. The van der Waals surface area contributed by atoms with Gasteiger partial charge in [0, 0.05) is 12.1 Å². The number of nitrogens with zero attached hydrogens (tertiary/aromatic N) is 1. The van der Waals surface area contributed by atoms with Crippen molar-refractivity contribution in [2.75, 3.05) is 20.1 Å². The Labute approximate surface area is 123 Å². The Morgan fingerprint density at radius 1 is 1.00 bits per heavy atom. The number of likely N-dealkylation sites (tertiary alicyclic amines) is 1. The smallest absolute Gasteiger partial charge is 0.0351 e. The van der Waals surface area contributed by atoms with Crippen LogP contribution in [0.25, 0.3) is 0 Å². The van der Waals surface area contributed by atoms with Gasteiger partial charge in [-0.25, -0.2) is 0 Å². The molecule has 2 unspecified atom stereocenters. The summed E-state index contributed by atoms with van der Waals surface area (Å²) in [5, 5.41) is 3.96. The first-order valence-corrected chi connectivity index (χ1v) is 8.23. The molecule has 0 spiro atoms. The van der Waals surface area contributed by atoms with Crippen LogP contribution in [0.15, 0.2) is 30.3 Å². The average molecular weight is 272 g/mol. The zero-order chi connectivity index (χ0) is 13.9. The maximum Gasteiger partial charge on any atom is 0.0351 e. The minimum absolute atomic E-state index is 0.575. The Balaban J connectivity index is 1.62. The van der Waals surface area contributed by atoms with E-state index in [1.807, 2.05) is 0 Å². The molecule has 0 radical (unpaired) electrons. The van der Waals surface area contributed by atoms with E-state index in [0.717, 1.165) is 11.8 Å². The lowest BCUT2D eigenvalue weighted by atomic mass is 9.89. The van der Waals surface area contributed by atoms with Crippen LogP contribution in [0, 0.1) is 11.8 Å². The normalized spacial score (nSPS) is 24.5. The van der Waals surface area contributed by atoms with Gasteiger partial charge >= 0.3 is 0 Å². The summed E-state index contributed by atoms with van der Waals surface area (Å²) in [6.07, 6.45) is 5.48. The highest BCUT2D eigenvalue weighted by atomic mass is 15.1. The van der Waals surface area contributed by atoms with E-state index in [2.05, 4.69) is 54.5 Å². The summed E-state index contributed by atoms with van der Waals surface area (Å²) >= 11 is 0. The molecule has 0 aromatic heterocycles. The number of hydrogen-bond donors (Lipinski definition) is 1. The molecule has 0 amide bonds. The third-order valence-corrected chi connectivity index (χ3v) is 5.16. The molecule has 2 aliphatic rings. The topological polar surface area (TPSA) is 15.3 Å². The Morgan fingerprint density at radius 3 is 2.25 bits per heavy atom. The van der Waals surface area contributed by atoms with Gasteiger partial charge in [0.25, 0.3) is 0 Å². The van der Waals surface area contributed by atoms with Gasteiger partial charge in [-0.1, -0.05) is 30.3 Å². The molecule has 1 aliphatic heterocycles. The lowest BCUT2D eigenvalue weighted by Gasteiger charge is -2.35. The Kier molecular flexibility index (Phi) is 4.42. The predicted octanol–water partition coefficient (Wildman–Crippen LogP) is 3.46. The van der Waals surface area contributed by atoms with Crippen LogP contribution in [0.1, 0.15) is 44.2 Å². The third kappa shape index (κ3) is 3.42. The average Bonchev–Trinajstić information content (AvgIpc) is 3.31. The summed E-state index contributed by atoms with van der Waals surface area (Å²) in [6.45, 7) is 4.92. The van der Waals surface area contributed by atoms with Gasteiger partial charge in [0.2, 0.25) is 0 Å². The van der Waals surface area contributed by atoms with Crippen LogP contribution in [-0.2, 0) is 0 Å². The van der Waals surface area contributed by atoms with Crippen molar-refractivity contribution in [3.05, 3.63) is 35.9 Å². The second-order valence-corrected chi connectivity index (χ2v) is 6.82. The highest BCUT2D eigenvalue weighted by Crippen LogP contribution is 2.41. The number of piperidine rings is 1. The Hall–Kier alpha value is -0.860. The molecule has 110 valence electrons. The number of benzene rings is 1. The molecule has 1 aromatic carbocycles. The molecule has 1 saturated carbocycles. The first-order valence-electron chi connectivity index (χ1n) is 8.23. The van der Waals surface area contributed by atoms with Crippen LogP contribution >= 0.6 is 0 Å². The maximum absolute atomic E-state index is 3.96. The molecule has 1 heterocycles. The molecule has 20 heavy (non-hydrogen) atoms. The fourth-order valence-corrected chi connectivity index (χ4v) is 3.54. The van der Waals surface area contributed by atoms with E-state index >= 15 is 0 Å². The van der Waals surface area contributed by atoms with Crippen molar-refractivity contribution in [3.63, 3.8) is 0 Å². The molecule has 1 saturated heterocycles. The summed E-state index contributed by atoms with van der Waals surface area (Å²) in [5.74, 6) is 1.71. The molecule has 1 N–H and O–H groups in total. The highest BCUT2D eigenvalue weighted by molar-refractivity contribution is 5.21. The first-order chi connectivity index (χ1) is 9.74. The molecular weight excluding hydrogens is 244 g/mol. The largest absolute Gasteiger partial charge is 0.307 e. The summed E-state index contributed by atoms with van der Waals surface area (Å²) in [7, 11) is 2.24. The van der Waals surface area contributed by atoms with E-state index in [1.165, 1.54) is 44.3 Å². The number of hydrogen-bond acceptors (Lipinski definition) is 2. The molecule has 2 fully saturated rings. The van der Waals surface area contributed by atoms with Gasteiger partial charge < -0.3 is 10.2 Å². The van der Waals surface area contributed by atoms with Gasteiger partial charge in [-0.2, -0.15) is 0 Å². The van der Waals surface area contributed by atoms with Crippen LogP contribution in [0.3, 0.4) is 0 Å². The number of rotatable bonds is 5. The van der Waals surface area contributed by atoms with Gasteiger partial charge in [0.15, 0.2) is 0 Å². The summed E-state index contributed by atoms with van der Waals surface area (Å²) < 4.78 is 0. The lowest BCUT2D eigenvalue weighted by Crippen LogP contribution is -2.42. The summed E-state index contributed by atoms with van der Waals surface area (Å²) in [4.78, 5) is 2.46. The van der Waals surface area contributed by atoms with Gasteiger partial charge in [0.1, 0.15) is 0 Å². The quantitative estimate of drug-likeness (QED) is 0.883. The van der Waals surface area contributed by atoms with E-state index in [9.17, 15) is 0 Å². The molecule has 0 bridgehead atoms. The van der Waals surface area contributed by atoms with Crippen LogP contribution in [0.5, 0.6) is 0 Å². The third-order valence-electron chi connectivity index (χ3n) is 5.16. The lowest BCUT2D eigenvalue weighted by molar-refractivity contribution is 0.181. The zero-order valence-corrected chi connectivity index (χ0v) is 12.9. The van der Waals surface area contributed by atoms with Crippen LogP contribution in [-0.4, -0.2) is 31.1 Å². The van der Waals surface area contributed by atoms with Gasteiger partial charge in [-0.05, 0) is 70.1 Å². The van der Waals surface area contributed by atoms with Crippen molar-refractivity contribution in [3.8, 4) is 0 Å². The van der Waals surface area contributed by atoms with Crippen molar-refractivity contribution >= 4 is 0 Å². The van der Waals surface area contributed by atoms with Crippen LogP contribution in [0.2, 0.25) is 0 Å². The van der Waals surface area contributed by atoms with Gasteiger partial charge in [-0.15, -0.1) is 0 Å². The second kappa shape index (κ2) is 6.28. The van der Waals surface area contributed by atoms with E-state index in [4.69, 9.17) is 0 Å². The van der Waals surface area contributed by atoms with Crippen molar-refractivity contribution < 1.29 is 0 Å². The van der Waals surface area contributed by atoms with Crippen molar-refractivity contribution in [2.45, 2.75) is 44.7 Å². The molecule has 1 aromatic rings. The minimum atomic E-state index is 0.575. The molecule has 3 rings (SSSR count). The van der Waals surface area contributed by atoms with Crippen LogP contribution in [0.4, 0.5) is 0 Å². The minimum Gasteiger partial charge on any atom is -0.307 e. The molecule has 2 nitrogen and oxygen atoms in total. The highest BCUT2D eigenvalue weighted by Gasteiger charge is 2.34. The maximum atomic E-state index is 3.96. The Morgan fingerprint density at radius 2 is 1.65 bits per heavy atom. The monoisotopic (exact) mass is 272 g/mol. The molecule has 2 atom stereocenters. The van der Waals surface area contributed by atoms with Crippen molar-refractivity contribution in [2.24, 2.45) is 11.8 Å². The molecular formula is C18H28N2. The van der Waals surface area contributed by atoms with Gasteiger partial charge in [0.05, 0.1) is 0 Å². The number of nitrogens with one attached hydrogen (secondary N) is 1. The van der Waals surface area contributed by atoms with E-state index in [0.29, 0.717) is 12.1 Å². The van der Waals surface area contributed by atoms with Gasteiger partial charge in [-0.3, -0.25) is 0 Å². The molecule has 1 aliphatic carbocycles. The van der Waals surface area contributed by atoms with Crippen molar-refractivity contribution in [1.82, 2.24) is 10.2 Å². The van der Waals surface area contributed by atoms with Crippen molar-refractivity contribution in [1.29, 1.82) is 0 Å². The SMILES string of the molecule is CC(NC(c1ccccc1)C1CC1)C1CCN(C)CC1. The predicted molar refractivity (Wildman–Crippen MR) is 84.7 cm³/mol. The fourth-order valence-electron chi connectivity index (χ4n) is 3.54. The first kappa shape index (κ1) is 14.1.